The topological polar surface area (TPSA) is 38.1 Å². The van der Waals surface area contributed by atoms with Crippen molar-refractivity contribution in [2.75, 3.05) is 7.05 Å². The first-order chi connectivity index (χ1) is 13.4. The van der Waals surface area contributed by atoms with Gasteiger partial charge in [-0.05, 0) is 18.6 Å². The van der Waals surface area contributed by atoms with E-state index in [1.54, 1.807) is 6.33 Å². The van der Waals surface area contributed by atoms with Gasteiger partial charge in [0.15, 0.2) is 0 Å². The molecular formula is C25H39N3. The van der Waals surface area contributed by atoms with Gasteiger partial charge < -0.3 is 0 Å². The van der Waals surface area contributed by atoms with Gasteiger partial charge in [-0.1, -0.05) is 86.6 Å². The Labute approximate surface area is 173 Å². The van der Waals surface area contributed by atoms with Crippen LogP contribution >= 0.6 is 0 Å². The third-order valence-corrected chi connectivity index (χ3v) is 4.27. The van der Waals surface area contributed by atoms with Crippen molar-refractivity contribution in [1.82, 2.24) is 9.97 Å². The van der Waals surface area contributed by atoms with Crippen LogP contribution in [0, 0.1) is 6.92 Å². The lowest BCUT2D eigenvalue weighted by Gasteiger charge is -2.35. The van der Waals surface area contributed by atoms with Crippen LogP contribution in [0.15, 0.2) is 36.1 Å². The Morgan fingerprint density at radius 2 is 1.61 bits per heavy atom. The Morgan fingerprint density at radius 1 is 1.04 bits per heavy atom. The number of hydrogen-bond acceptors (Lipinski definition) is 3. The maximum absolute atomic E-state index is 4.58. The first-order valence-electron chi connectivity index (χ1n) is 10.5. The molecule has 28 heavy (non-hydrogen) atoms. The van der Waals surface area contributed by atoms with E-state index in [0.717, 1.165) is 33.8 Å². The van der Waals surface area contributed by atoms with Crippen LogP contribution in [0.1, 0.15) is 84.2 Å². The standard InChI is InChI=1S/C18H19N3.C3H8.2C2H6/c1-6-12-7-8-13-14(9-12)17(19-5)18(3,4)15-11(2)20-10-21-16(13)15;1-3-2;2*1-2/h6-10H,1H2,2-5H3;3H2,1-2H3;2*1-2H3. The summed E-state index contributed by atoms with van der Waals surface area (Å²) in [5, 5.41) is 0. The zero-order valence-corrected chi connectivity index (χ0v) is 19.6. The predicted octanol–water partition coefficient (Wildman–Crippen LogP) is 7.27. The maximum atomic E-state index is 4.58. The van der Waals surface area contributed by atoms with E-state index in [2.05, 4.69) is 67.4 Å². The number of nitrogens with zero attached hydrogens (tertiary/aromatic N) is 3. The van der Waals surface area contributed by atoms with Gasteiger partial charge in [-0.3, -0.25) is 4.99 Å². The molecule has 0 saturated carbocycles. The molecule has 1 aromatic heterocycles. The van der Waals surface area contributed by atoms with E-state index in [0.29, 0.717) is 0 Å². The van der Waals surface area contributed by atoms with Crippen molar-refractivity contribution < 1.29 is 0 Å². The Balaban J connectivity index is 0.000000930. The Bertz CT molecular complexity index is 786. The SMILES string of the molecule is C=Cc1ccc2c(c1)C(=NC)C(C)(C)c1c(C)ncnc1-2.CC.CC.CCC. The van der Waals surface area contributed by atoms with E-state index in [1.807, 2.05) is 47.7 Å². The zero-order valence-electron chi connectivity index (χ0n) is 19.6. The normalized spacial score (nSPS) is 14.0. The highest BCUT2D eigenvalue weighted by Crippen LogP contribution is 2.43. The molecule has 2 aromatic rings. The van der Waals surface area contributed by atoms with Gasteiger partial charge in [0.2, 0.25) is 0 Å². The molecular weight excluding hydrogens is 342 g/mol. The zero-order chi connectivity index (χ0) is 21.9. The maximum Gasteiger partial charge on any atom is 0.116 e. The summed E-state index contributed by atoms with van der Waals surface area (Å²) in [5.74, 6) is 0. The van der Waals surface area contributed by atoms with Crippen LogP contribution in [0.3, 0.4) is 0 Å². The van der Waals surface area contributed by atoms with Gasteiger partial charge in [-0.2, -0.15) is 0 Å². The number of hydrogen-bond donors (Lipinski definition) is 0. The summed E-state index contributed by atoms with van der Waals surface area (Å²) in [6.07, 6.45) is 4.75. The molecule has 1 heterocycles. The fraction of sp³-hybridized carbons (Fsp3) is 0.480. The summed E-state index contributed by atoms with van der Waals surface area (Å²) in [7, 11) is 1.85. The highest BCUT2D eigenvalue weighted by atomic mass is 14.9. The Kier molecular flexibility index (Phi) is 11.2. The predicted molar refractivity (Wildman–Crippen MR) is 126 cm³/mol. The van der Waals surface area contributed by atoms with Gasteiger partial charge in [0.25, 0.3) is 0 Å². The van der Waals surface area contributed by atoms with Gasteiger partial charge >= 0.3 is 0 Å². The Hall–Kier alpha value is -2.29. The summed E-state index contributed by atoms with van der Waals surface area (Å²) in [4.78, 5) is 13.5. The van der Waals surface area contributed by atoms with Crippen molar-refractivity contribution in [2.24, 2.45) is 4.99 Å². The summed E-state index contributed by atoms with van der Waals surface area (Å²) in [5.41, 5.74) is 7.44. The lowest BCUT2D eigenvalue weighted by atomic mass is 9.69. The largest absolute Gasteiger partial charge is 0.292 e. The van der Waals surface area contributed by atoms with Crippen molar-refractivity contribution in [3.05, 3.63) is 53.5 Å². The minimum Gasteiger partial charge on any atom is -0.292 e. The average molecular weight is 382 g/mol. The van der Waals surface area contributed by atoms with Crippen LogP contribution in [0.2, 0.25) is 0 Å². The number of aromatic nitrogens is 2. The van der Waals surface area contributed by atoms with Gasteiger partial charge in [0.1, 0.15) is 6.33 Å². The van der Waals surface area contributed by atoms with Crippen LogP contribution in [0.5, 0.6) is 0 Å². The van der Waals surface area contributed by atoms with E-state index in [4.69, 9.17) is 0 Å². The molecule has 0 atom stereocenters. The third kappa shape index (κ3) is 5.15. The molecule has 0 spiro atoms. The number of fused-ring (bicyclic) bond motifs is 3. The van der Waals surface area contributed by atoms with Crippen molar-refractivity contribution in [3.63, 3.8) is 0 Å². The van der Waals surface area contributed by atoms with Crippen molar-refractivity contribution in [1.29, 1.82) is 0 Å². The fourth-order valence-electron chi connectivity index (χ4n) is 3.37. The van der Waals surface area contributed by atoms with E-state index in [9.17, 15) is 0 Å². The van der Waals surface area contributed by atoms with Crippen LogP contribution < -0.4 is 0 Å². The molecule has 154 valence electrons. The molecule has 0 fully saturated rings. The molecule has 0 aliphatic heterocycles. The molecule has 1 aromatic carbocycles. The summed E-state index contributed by atoms with van der Waals surface area (Å²) < 4.78 is 0. The van der Waals surface area contributed by atoms with Crippen molar-refractivity contribution >= 4 is 11.8 Å². The molecule has 1 aliphatic carbocycles. The fourth-order valence-corrected chi connectivity index (χ4v) is 3.37. The minimum absolute atomic E-state index is 0.206. The second-order valence-electron chi connectivity index (χ2n) is 6.60. The van der Waals surface area contributed by atoms with E-state index in [1.165, 1.54) is 12.0 Å². The number of aryl methyl sites for hydroxylation is 1. The Morgan fingerprint density at radius 3 is 2.11 bits per heavy atom. The molecule has 0 unspecified atom stereocenters. The van der Waals surface area contributed by atoms with E-state index in [-0.39, 0.29) is 5.41 Å². The van der Waals surface area contributed by atoms with Crippen molar-refractivity contribution in [2.45, 2.75) is 74.1 Å². The molecule has 3 heteroatoms. The first-order valence-corrected chi connectivity index (χ1v) is 10.5. The van der Waals surface area contributed by atoms with Crippen molar-refractivity contribution in [3.8, 4) is 11.3 Å². The quantitative estimate of drug-likeness (QED) is 0.521. The van der Waals surface area contributed by atoms with Crippen LogP contribution in [0.4, 0.5) is 0 Å². The molecule has 0 amide bonds. The minimum atomic E-state index is -0.206. The number of rotatable bonds is 1. The van der Waals surface area contributed by atoms with Gasteiger partial charge in [-0.25, -0.2) is 9.97 Å². The lowest BCUT2D eigenvalue weighted by molar-refractivity contribution is 0.694. The summed E-state index contributed by atoms with van der Waals surface area (Å²) >= 11 is 0. The van der Waals surface area contributed by atoms with Gasteiger partial charge in [0, 0.05) is 34.8 Å². The molecule has 1 aliphatic rings. The van der Waals surface area contributed by atoms with E-state index < -0.39 is 0 Å². The molecule has 3 rings (SSSR count). The molecule has 0 bridgehead atoms. The van der Waals surface area contributed by atoms with Crippen LogP contribution in [-0.2, 0) is 5.41 Å². The monoisotopic (exact) mass is 381 g/mol. The smallest absolute Gasteiger partial charge is 0.116 e. The van der Waals surface area contributed by atoms with Gasteiger partial charge in [0.05, 0.1) is 11.4 Å². The van der Waals surface area contributed by atoms with Gasteiger partial charge in [-0.15, -0.1) is 0 Å². The lowest BCUT2D eigenvalue weighted by Crippen LogP contribution is -2.35. The highest BCUT2D eigenvalue weighted by Gasteiger charge is 2.38. The highest BCUT2D eigenvalue weighted by molar-refractivity contribution is 6.15. The molecule has 0 radical (unpaired) electrons. The van der Waals surface area contributed by atoms with E-state index >= 15 is 0 Å². The van der Waals surface area contributed by atoms with Crippen LogP contribution in [0.25, 0.3) is 17.3 Å². The second kappa shape index (κ2) is 12.2. The van der Waals surface area contributed by atoms with Crippen LogP contribution in [-0.4, -0.2) is 22.7 Å². The number of aliphatic imine (C=N–C) groups is 1. The molecule has 0 saturated heterocycles. The third-order valence-electron chi connectivity index (χ3n) is 4.27. The first kappa shape index (κ1) is 25.7. The summed E-state index contributed by atoms with van der Waals surface area (Å²) in [6.45, 7) is 22.5. The number of benzene rings is 1. The molecule has 0 N–H and O–H groups in total. The molecule has 3 nitrogen and oxygen atoms in total. The summed E-state index contributed by atoms with van der Waals surface area (Å²) in [6, 6.07) is 6.32. The average Bonchev–Trinajstić information content (AvgIpc) is 2.71. The second-order valence-corrected chi connectivity index (χ2v) is 6.60.